The molecule has 0 amide bonds. The lowest BCUT2D eigenvalue weighted by Crippen LogP contribution is -2.16. The summed E-state index contributed by atoms with van der Waals surface area (Å²) in [5, 5.41) is 7.73. The predicted octanol–water partition coefficient (Wildman–Crippen LogP) is 6.40. The van der Waals surface area contributed by atoms with Gasteiger partial charge >= 0.3 is 0 Å². The number of halogens is 2. The zero-order chi connectivity index (χ0) is 18.5. The van der Waals surface area contributed by atoms with E-state index in [4.69, 9.17) is 23.2 Å². The third-order valence-corrected chi connectivity index (χ3v) is 4.35. The molecule has 0 saturated carbocycles. The van der Waals surface area contributed by atoms with Crippen LogP contribution in [0.25, 0.3) is 11.3 Å². The fourth-order valence-electron chi connectivity index (χ4n) is 2.43. The van der Waals surface area contributed by atoms with Crippen LogP contribution in [-0.2, 0) is 0 Å². The average molecular weight is 387 g/mol. The van der Waals surface area contributed by atoms with Gasteiger partial charge in [0.15, 0.2) is 0 Å². The molecule has 1 atom stereocenters. The molecule has 0 radical (unpaired) electrons. The molecule has 0 spiro atoms. The summed E-state index contributed by atoms with van der Waals surface area (Å²) in [6.07, 6.45) is 0.978. The molecule has 6 heteroatoms. The minimum absolute atomic E-state index is 0.273. The Hall–Kier alpha value is -2.30. The molecule has 134 valence electrons. The Labute approximate surface area is 163 Å². The molecule has 26 heavy (non-hydrogen) atoms. The molecule has 0 aliphatic heterocycles. The summed E-state index contributed by atoms with van der Waals surface area (Å²) in [4.78, 5) is 9.24. The highest BCUT2D eigenvalue weighted by Crippen LogP contribution is 2.27. The van der Waals surface area contributed by atoms with Crippen LogP contribution in [0.2, 0.25) is 10.0 Å². The van der Waals surface area contributed by atoms with Crippen LogP contribution in [0.4, 0.5) is 17.5 Å². The standard InChI is InChI=1S/C20H20Cl2N4/c1-3-13(2)23-20-25-18(14-7-5-4-6-8-14)12-19(26-20)24-17-10-15(21)9-16(22)11-17/h4-13H,3H2,1-2H3,(H2,23,24,25,26)/t13-/m1/s1. The first-order valence-corrected chi connectivity index (χ1v) is 9.23. The molecule has 1 aromatic heterocycles. The van der Waals surface area contributed by atoms with Crippen LogP contribution >= 0.6 is 23.2 Å². The Balaban J connectivity index is 1.98. The van der Waals surface area contributed by atoms with E-state index >= 15 is 0 Å². The lowest BCUT2D eigenvalue weighted by Gasteiger charge is -2.15. The van der Waals surface area contributed by atoms with E-state index in [1.165, 1.54) is 0 Å². The summed E-state index contributed by atoms with van der Waals surface area (Å²) in [5.74, 6) is 1.25. The molecule has 2 aromatic carbocycles. The van der Waals surface area contributed by atoms with Gasteiger partial charge in [-0.15, -0.1) is 0 Å². The molecule has 0 saturated heterocycles. The number of hydrogen-bond acceptors (Lipinski definition) is 4. The third kappa shape index (κ3) is 4.87. The highest BCUT2D eigenvalue weighted by molar-refractivity contribution is 6.35. The van der Waals surface area contributed by atoms with Crippen LogP contribution in [0.15, 0.2) is 54.6 Å². The molecule has 0 aliphatic rings. The Kier molecular flexibility index (Phi) is 5.96. The van der Waals surface area contributed by atoms with Gasteiger partial charge in [-0.25, -0.2) is 4.98 Å². The number of aromatic nitrogens is 2. The third-order valence-electron chi connectivity index (χ3n) is 3.92. The van der Waals surface area contributed by atoms with Crippen LogP contribution in [0.1, 0.15) is 20.3 Å². The van der Waals surface area contributed by atoms with E-state index < -0.39 is 0 Å². The maximum atomic E-state index is 6.09. The zero-order valence-corrected chi connectivity index (χ0v) is 16.1. The lowest BCUT2D eigenvalue weighted by atomic mass is 10.1. The highest BCUT2D eigenvalue weighted by Gasteiger charge is 2.09. The molecule has 3 aromatic rings. The average Bonchev–Trinajstić information content (AvgIpc) is 2.61. The van der Waals surface area contributed by atoms with Gasteiger partial charge in [0.25, 0.3) is 0 Å². The number of benzene rings is 2. The summed E-state index contributed by atoms with van der Waals surface area (Å²) in [7, 11) is 0. The normalized spacial score (nSPS) is 11.8. The van der Waals surface area contributed by atoms with Gasteiger partial charge in [0.05, 0.1) is 5.69 Å². The molecule has 1 heterocycles. The SMILES string of the molecule is CC[C@@H](C)Nc1nc(Nc2cc(Cl)cc(Cl)c2)cc(-c2ccccc2)n1. The van der Waals surface area contributed by atoms with E-state index in [1.54, 1.807) is 18.2 Å². The molecule has 4 nitrogen and oxygen atoms in total. The van der Waals surface area contributed by atoms with E-state index in [0.29, 0.717) is 21.8 Å². The van der Waals surface area contributed by atoms with Gasteiger partial charge in [-0.1, -0.05) is 60.5 Å². The van der Waals surface area contributed by atoms with Gasteiger partial charge in [-0.05, 0) is 31.5 Å². The van der Waals surface area contributed by atoms with Crippen LogP contribution in [0, 0.1) is 0 Å². The number of anilines is 3. The van der Waals surface area contributed by atoms with E-state index in [-0.39, 0.29) is 6.04 Å². The summed E-state index contributed by atoms with van der Waals surface area (Å²) < 4.78 is 0. The van der Waals surface area contributed by atoms with Crippen molar-refractivity contribution in [2.45, 2.75) is 26.3 Å². The fourth-order valence-corrected chi connectivity index (χ4v) is 2.95. The minimum Gasteiger partial charge on any atom is -0.352 e. The lowest BCUT2D eigenvalue weighted by molar-refractivity contribution is 0.753. The van der Waals surface area contributed by atoms with Crippen molar-refractivity contribution >= 4 is 40.7 Å². The molecule has 0 bridgehead atoms. The van der Waals surface area contributed by atoms with E-state index in [1.807, 2.05) is 36.4 Å². The Morgan fingerprint density at radius 1 is 0.962 bits per heavy atom. The fraction of sp³-hybridized carbons (Fsp3) is 0.200. The maximum Gasteiger partial charge on any atom is 0.225 e. The smallest absolute Gasteiger partial charge is 0.225 e. The summed E-state index contributed by atoms with van der Waals surface area (Å²) in [5.41, 5.74) is 2.63. The van der Waals surface area contributed by atoms with E-state index in [0.717, 1.165) is 23.4 Å². The Bertz CT molecular complexity index is 864. The van der Waals surface area contributed by atoms with Gasteiger partial charge in [0.2, 0.25) is 5.95 Å². The summed E-state index contributed by atoms with van der Waals surface area (Å²) >= 11 is 12.2. The van der Waals surface area contributed by atoms with Crippen molar-refractivity contribution < 1.29 is 0 Å². The maximum absolute atomic E-state index is 6.09. The molecule has 2 N–H and O–H groups in total. The highest BCUT2D eigenvalue weighted by atomic mass is 35.5. The quantitative estimate of drug-likeness (QED) is 0.514. The minimum atomic E-state index is 0.273. The summed E-state index contributed by atoms with van der Waals surface area (Å²) in [6.45, 7) is 4.22. The van der Waals surface area contributed by atoms with Crippen LogP contribution < -0.4 is 10.6 Å². The Morgan fingerprint density at radius 2 is 1.65 bits per heavy atom. The molecular formula is C20H20Cl2N4. The first-order chi connectivity index (χ1) is 12.5. The van der Waals surface area contributed by atoms with Crippen molar-refractivity contribution in [2.24, 2.45) is 0 Å². The van der Waals surface area contributed by atoms with Gasteiger partial charge in [-0.3, -0.25) is 0 Å². The molecule has 3 rings (SSSR count). The number of rotatable bonds is 6. The predicted molar refractivity (Wildman–Crippen MR) is 111 cm³/mol. The molecule has 0 fully saturated rings. The second-order valence-electron chi connectivity index (χ2n) is 6.06. The van der Waals surface area contributed by atoms with Crippen molar-refractivity contribution in [3.63, 3.8) is 0 Å². The first-order valence-electron chi connectivity index (χ1n) is 8.47. The molecular weight excluding hydrogens is 367 g/mol. The van der Waals surface area contributed by atoms with Gasteiger partial charge < -0.3 is 10.6 Å². The molecule has 0 aliphatic carbocycles. The Morgan fingerprint density at radius 3 is 2.31 bits per heavy atom. The number of nitrogens with one attached hydrogen (secondary N) is 2. The summed E-state index contributed by atoms with van der Waals surface area (Å²) in [6, 6.07) is 17.5. The second kappa shape index (κ2) is 8.39. The van der Waals surface area contributed by atoms with Crippen molar-refractivity contribution in [3.05, 3.63) is 64.6 Å². The van der Waals surface area contributed by atoms with Gasteiger partial charge in [0.1, 0.15) is 5.82 Å². The van der Waals surface area contributed by atoms with E-state index in [2.05, 4.69) is 34.4 Å². The topological polar surface area (TPSA) is 49.8 Å². The number of hydrogen-bond donors (Lipinski definition) is 2. The van der Waals surface area contributed by atoms with Crippen molar-refractivity contribution in [1.82, 2.24) is 9.97 Å². The monoisotopic (exact) mass is 386 g/mol. The second-order valence-corrected chi connectivity index (χ2v) is 6.94. The van der Waals surface area contributed by atoms with Gasteiger partial charge in [-0.2, -0.15) is 4.98 Å². The van der Waals surface area contributed by atoms with Crippen LogP contribution in [0.3, 0.4) is 0 Å². The van der Waals surface area contributed by atoms with Crippen molar-refractivity contribution in [3.8, 4) is 11.3 Å². The largest absolute Gasteiger partial charge is 0.352 e. The number of nitrogens with zero attached hydrogens (tertiary/aromatic N) is 2. The van der Waals surface area contributed by atoms with Crippen molar-refractivity contribution in [1.29, 1.82) is 0 Å². The first kappa shape index (κ1) is 18.5. The van der Waals surface area contributed by atoms with Crippen molar-refractivity contribution in [2.75, 3.05) is 10.6 Å². The van der Waals surface area contributed by atoms with Crippen LogP contribution in [-0.4, -0.2) is 16.0 Å². The zero-order valence-electron chi connectivity index (χ0n) is 14.6. The van der Waals surface area contributed by atoms with Crippen LogP contribution in [0.5, 0.6) is 0 Å². The van der Waals surface area contributed by atoms with Gasteiger partial charge in [0, 0.05) is 33.4 Å². The molecule has 0 unspecified atom stereocenters. The van der Waals surface area contributed by atoms with E-state index in [9.17, 15) is 0 Å².